The number of carbonyl (C=O) groups is 1. The van der Waals surface area contributed by atoms with Gasteiger partial charge in [0, 0.05) is 23.4 Å². The van der Waals surface area contributed by atoms with Gasteiger partial charge in [0.25, 0.3) is 0 Å². The highest BCUT2D eigenvalue weighted by Gasteiger charge is 2.17. The largest absolute Gasteiger partial charge is 0.303 e. The number of hydrogen-bond acceptors (Lipinski definition) is 2. The van der Waals surface area contributed by atoms with Gasteiger partial charge in [-0.05, 0) is 25.9 Å². The van der Waals surface area contributed by atoms with E-state index in [0.29, 0.717) is 11.2 Å². The van der Waals surface area contributed by atoms with Gasteiger partial charge in [-0.2, -0.15) is 0 Å². The Balaban J connectivity index is 0.00000162. The lowest BCUT2D eigenvalue weighted by atomic mass is 10.1. The van der Waals surface area contributed by atoms with E-state index < -0.39 is 0 Å². The third-order valence-corrected chi connectivity index (χ3v) is 4.18. The van der Waals surface area contributed by atoms with Crippen molar-refractivity contribution in [2.24, 2.45) is 0 Å². The smallest absolute Gasteiger partial charge is 0.164 e. The highest BCUT2D eigenvalue weighted by molar-refractivity contribution is 9.09. The normalized spacial score (nSPS) is 17.2. The van der Waals surface area contributed by atoms with E-state index >= 15 is 0 Å². The summed E-state index contributed by atoms with van der Waals surface area (Å²) in [6.45, 7) is 3.11. The van der Waals surface area contributed by atoms with Crippen molar-refractivity contribution in [2.75, 3.05) is 19.6 Å². The van der Waals surface area contributed by atoms with Crippen LogP contribution in [0.5, 0.6) is 0 Å². The van der Waals surface area contributed by atoms with Crippen LogP contribution in [0.3, 0.4) is 0 Å². The maximum Gasteiger partial charge on any atom is 0.164 e. The van der Waals surface area contributed by atoms with Gasteiger partial charge in [0.1, 0.15) is 0 Å². The van der Waals surface area contributed by atoms with Crippen LogP contribution in [-0.2, 0) is 0 Å². The van der Waals surface area contributed by atoms with Gasteiger partial charge in [0.05, 0.1) is 0 Å². The zero-order valence-electron chi connectivity index (χ0n) is 10.3. The van der Waals surface area contributed by atoms with Crippen LogP contribution in [-0.4, -0.2) is 35.1 Å². The van der Waals surface area contributed by atoms with E-state index in [9.17, 15) is 4.79 Å². The first kappa shape index (κ1) is 15.7. The maximum atomic E-state index is 11.9. The number of halogens is 2. The Morgan fingerprint density at radius 1 is 1.22 bits per heavy atom. The van der Waals surface area contributed by atoms with Crippen LogP contribution in [0, 0.1) is 0 Å². The summed E-state index contributed by atoms with van der Waals surface area (Å²) in [5.74, 6) is 0.256. The highest BCUT2D eigenvalue weighted by Crippen LogP contribution is 2.17. The van der Waals surface area contributed by atoms with Crippen molar-refractivity contribution in [3.63, 3.8) is 0 Å². The average Bonchev–Trinajstić information content (AvgIpc) is 2.39. The van der Waals surface area contributed by atoms with Crippen LogP contribution >= 0.6 is 28.3 Å². The fourth-order valence-electron chi connectivity index (χ4n) is 2.15. The molecule has 2 nitrogen and oxygen atoms in total. The third-order valence-electron chi connectivity index (χ3n) is 3.27. The first-order chi connectivity index (χ1) is 8.25. The second-order valence-electron chi connectivity index (χ2n) is 4.56. The SMILES string of the molecule is Cl.O=C(CCN1CCC(Br)CC1)c1ccccc1. The molecule has 0 aromatic heterocycles. The summed E-state index contributed by atoms with van der Waals surface area (Å²) >= 11 is 3.64. The number of hydrogen-bond donors (Lipinski definition) is 0. The van der Waals surface area contributed by atoms with Crippen LogP contribution in [0.25, 0.3) is 0 Å². The number of ketones is 1. The molecule has 0 N–H and O–H groups in total. The van der Waals surface area contributed by atoms with E-state index in [1.54, 1.807) is 0 Å². The number of alkyl halides is 1. The molecule has 1 heterocycles. The Kier molecular flexibility index (Phi) is 6.90. The number of piperidine rings is 1. The molecule has 0 radical (unpaired) electrons. The molecular weight excluding hydrogens is 314 g/mol. The van der Waals surface area contributed by atoms with Gasteiger partial charge in [-0.25, -0.2) is 0 Å². The first-order valence-electron chi connectivity index (χ1n) is 6.20. The number of benzene rings is 1. The van der Waals surface area contributed by atoms with Crippen molar-refractivity contribution >= 4 is 34.1 Å². The predicted molar refractivity (Wildman–Crippen MR) is 81.0 cm³/mol. The summed E-state index contributed by atoms with van der Waals surface area (Å²) in [6.07, 6.45) is 3.02. The lowest BCUT2D eigenvalue weighted by Gasteiger charge is -2.29. The molecule has 4 heteroatoms. The molecule has 2 rings (SSSR count). The van der Waals surface area contributed by atoms with Crippen LogP contribution in [0.2, 0.25) is 0 Å². The summed E-state index contributed by atoms with van der Waals surface area (Å²) < 4.78 is 0. The zero-order chi connectivity index (χ0) is 12.1. The quantitative estimate of drug-likeness (QED) is 0.621. The van der Waals surface area contributed by atoms with Crippen molar-refractivity contribution < 1.29 is 4.79 Å². The van der Waals surface area contributed by atoms with Crippen LogP contribution in [0.4, 0.5) is 0 Å². The molecule has 0 atom stereocenters. The molecule has 0 bridgehead atoms. The fourth-order valence-corrected chi connectivity index (χ4v) is 2.56. The average molecular weight is 333 g/mol. The molecule has 0 spiro atoms. The molecule has 1 aliphatic heterocycles. The van der Waals surface area contributed by atoms with Gasteiger partial charge >= 0.3 is 0 Å². The highest BCUT2D eigenvalue weighted by atomic mass is 79.9. The monoisotopic (exact) mass is 331 g/mol. The second kappa shape index (κ2) is 7.93. The Labute approximate surface area is 123 Å². The lowest BCUT2D eigenvalue weighted by Crippen LogP contribution is -2.35. The summed E-state index contributed by atoms with van der Waals surface area (Å²) in [5, 5.41) is 0. The molecular formula is C14H19BrClNO. The molecule has 18 heavy (non-hydrogen) atoms. The van der Waals surface area contributed by atoms with Crippen molar-refractivity contribution in [3.8, 4) is 0 Å². The summed E-state index contributed by atoms with van der Waals surface area (Å²) in [5.41, 5.74) is 0.836. The second-order valence-corrected chi connectivity index (χ2v) is 5.85. The van der Waals surface area contributed by atoms with E-state index in [1.165, 1.54) is 12.8 Å². The predicted octanol–water partition coefficient (Wildman–Crippen LogP) is 3.54. The Hall–Kier alpha value is -0.380. The van der Waals surface area contributed by atoms with Gasteiger partial charge in [0.15, 0.2) is 5.78 Å². The number of carbonyl (C=O) groups excluding carboxylic acids is 1. The Morgan fingerprint density at radius 2 is 1.83 bits per heavy atom. The molecule has 0 aliphatic carbocycles. The Bertz CT molecular complexity index is 363. The summed E-state index contributed by atoms with van der Waals surface area (Å²) in [7, 11) is 0. The molecule has 1 saturated heterocycles. The van der Waals surface area contributed by atoms with E-state index in [1.807, 2.05) is 30.3 Å². The van der Waals surface area contributed by atoms with Gasteiger partial charge in [-0.3, -0.25) is 4.79 Å². The molecule has 100 valence electrons. The van der Waals surface area contributed by atoms with Crippen molar-refractivity contribution in [2.45, 2.75) is 24.1 Å². The van der Waals surface area contributed by atoms with Crippen molar-refractivity contribution in [3.05, 3.63) is 35.9 Å². The third kappa shape index (κ3) is 4.71. The van der Waals surface area contributed by atoms with Crippen LogP contribution < -0.4 is 0 Å². The van der Waals surface area contributed by atoms with Crippen molar-refractivity contribution in [1.82, 2.24) is 4.90 Å². The number of Topliss-reactive ketones (excluding diaryl/α,β-unsaturated/α-hetero) is 1. The van der Waals surface area contributed by atoms with Crippen molar-refractivity contribution in [1.29, 1.82) is 0 Å². The molecule has 0 amide bonds. The molecule has 1 fully saturated rings. The van der Waals surface area contributed by atoms with Gasteiger partial charge < -0.3 is 4.90 Å². The van der Waals surface area contributed by atoms with E-state index in [0.717, 1.165) is 25.2 Å². The number of rotatable bonds is 4. The first-order valence-corrected chi connectivity index (χ1v) is 7.12. The standard InChI is InChI=1S/C14H18BrNO.ClH/c15-13-6-9-16(10-7-13)11-8-14(17)12-4-2-1-3-5-12;/h1-5,13H,6-11H2;1H. The summed E-state index contributed by atoms with van der Waals surface area (Å²) in [4.78, 5) is 15.0. The molecule has 0 saturated carbocycles. The molecule has 1 aromatic rings. The fraction of sp³-hybridized carbons (Fsp3) is 0.500. The number of likely N-dealkylation sites (tertiary alicyclic amines) is 1. The molecule has 1 aliphatic rings. The van der Waals surface area contributed by atoms with Crippen LogP contribution in [0.15, 0.2) is 30.3 Å². The summed E-state index contributed by atoms with van der Waals surface area (Å²) in [6, 6.07) is 9.57. The maximum absolute atomic E-state index is 11.9. The minimum Gasteiger partial charge on any atom is -0.303 e. The van der Waals surface area contributed by atoms with Crippen LogP contribution in [0.1, 0.15) is 29.6 Å². The minimum atomic E-state index is 0. The van der Waals surface area contributed by atoms with E-state index in [4.69, 9.17) is 0 Å². The van der Waals surface area contributed by atoms with Gasteiger partial charge in [-0.15, -0.1) is 12.4 Å². The van der Waals surface area contributed by atoms with Gasteiger partial charge in [-0.1, -0.05) is 46.3 Å². The molecule has 0 unspecified atom stereocenters. The van der Waals surface area contributed by atoms with E-state index in [2.05, 4.69) is 20.8 Å². The molecule has 1 aromatic carbocycles. The minimum absolute atomic E-state index is 0. The van der Waals surface area contributed by atoms with E-state index in [-0.39, 0.29) is 18.2 Å². The van der Waals surface area contributed by atoms with Gasteiger partial charge in [0.2, 0.25) is 0 Å². The topological polar surface area (TPSA) is 20.3 Å². The Morgan fingerprint density at radius 3 is 2.44 bits per heavy atom. The lowest BCUT2D eigenvalue weighted by molar-refractivity contribution is 0.0959. The number of nitrogens with zero attached hydrogens (tertiary/aromatic N) is 1. The zero-order valence-corrected chi connectivity index (χ0v) is 12.8.